The van der Waals surface area contributed by atoms with Gasteiger partial charge in [0.05, 0.1) is 23.9 Å². The van der Waals surface area contributed by atoms with E-state index in [1.165, 1.54) is 0 Å². The molecule has 5 aromatic rings. The number of ether oxygens (including phenoxy) is 1. The quantitative estimate of drug-likeness (QED) is 0.261. The molecule has 0 saturated heterocycles. The first-order chi connectivity index (χ1) is 19.0. The van der Waals surface area contributed by atoms with Gasteiger partial charge in [-0.15, -0.1) is 5.10 Å². The van der Waals surface area contributed by atoms with Crippen LogP contribution in [-0.2, 0) is 0 Å². The van der Waals surface area contributed by atoms with Gasteiger partial charge in [0.25, 0.3) is 11.8 Å². The van der Waals surface area contributed by atoms with Gasteiger partial charge in [-0.2, -0.15) is 0 Å². The summed E-state index contributed by atoms with van der Waals surface area (Å²) in [6, 6.07) is 28.6. The Balaban J connectivity index is 1.34. The molecular weight excluding hydrogens is 496 g/mol. The second kappa shape index (κ2) is 11.2. The van der Waals surface area contributed by atoms with Gasteiger partial charge >= 0.3 is 6.01 Å². The van der Waals surface area contributed by atoms with Crippen molar-refractivity contribution < 1.29 is 23.5 Å². The van der Waals surface area contributed by atoms with Crippen molar-refractivity contribution >= 4 is 29.3 Å². The summed E-state index contributed by atoms with van der Waals surface area (Å²) in [5.74, 6) is -0.484. The van der Waals surface area contributed by atoms with Crippen molar-refractivity contribution in [2.24, 2.45) is 0 Å². The third-order valence-electron chi connectivity index (χ3n) is 5.85. The zero-order chi connectivity index (χ0) is 27.2. The number of benzene rings is 4. The number of nitrogens with one attached hydrogen (secondary N) is 2. The summed E-state index contributed by atoms with van der Waals surface area (Å²) in [5, 5.41) is 13.2. The van der Waals surface area contributed by atoms with Crippen LogP contribution in [0.2, 0.25) is 0 Å². The Morgan fingerprint density at radius 1 is 0.667 bits per heavy atom. The molecule has 1 aromatic heterocycles. The van der Waals surface area contributed by atoms with Gasteiger partial charge in [0.2, 0.25) is 5.89 Å². The van der Waals surface area contributed by atoms with Crippen molar-refractivity contribution in [1.82, 2.24) is 10.2 Å². The number of hydrogen-bond donors (Lipinski definition) is 2. The second-order valence-electron chi connectivity index (χ2n) is 8.34. The van der Waals surface area contributed by atoms with Gasteiger partial charge in [0.15, 0.2) is 5.78 Å². The number of ketones is 1. The Labute approximate surface area is 223 Å². The molecule has 0 radical (unpaired) electrons. The third-order valence-corrected chi connectivity index (χ3v) is 5.85. The molecule has 2 amide bonds. The molecule has 0 saturated carbocycles. The summed E-state index contributed by atoms with van der Waals surface area (Å²) >= 11 is 0. The largest absolute Gasteiger partial charge is 0.497 e. The fraction of sp³-hybridized carbons (Fsp3) is 0.0333. The average Bonchev–Trinajstić information content (AvgIpc) is 3.46. The summed E-state index contributed by atoms with van der Waals surface area (Å²) in [6.07, 6.45) is 0. The first kappa shape index (κ1) is 25.1. The van der Waals surface area contributed by atoms with Gasteiger partial charge < -0.3 is 14.5 Å². The Morgan fingerprint density at radius 2 is 1.28 bits per heavy atom. The van der Waals surface area contributed by atoms with Gasteiger partial charge in [-0.1, -0.05) is 65.8 Å². The fourth-order valence-electron chi connectivity index (χ4n) is 3.89. The number of methoxy groups -OCH3 is 1. The fourth-order valence-corrected chi connectivity index (χ4v) is 3.89. The highest BCUT2D eigenvalue weighted by Crippen LogP contribution is 2.24. The normalized spacial score (nSPS) is 10.5. The molecule has 0 bridgehead atoms. The Hall–Kier alpha value is -5.57. The maximum atomic E-state index is 13.3. The van der Waals surface area contributed by atoms with Crippen molar-refractivity contribution in [3.05, 3.63) is 125 Å². The van der Waals surface area contributed by atoms with Crippen LogP contribution in [0.5, 0.6) is 5.75 Å². The van der Waals surface area contributed by atoms with E-state index in [4.69, 9.17) is 9.15 Å². The molecule has 0 aliphatic heterocycles. The van der Waals surface area contributed by atoms with Crippen molar-refractivity contribution in [2.45, 2.75) is 0 Å². The first-order valence-electron chi connectivity index (χ1n) is 11.9. The molecular formula is C30H22N4O5. The van der Waals surface area contributed by atoms with Gasteiger partial charge in [-0.05, 0) is 42.5 Å². The zero-order valence-corrected chi connectivity index (χ0v) is 20.8. The Kier molecular flexibility index (Phi) is 7.22. The van der Waals surface area contributed by atoms with Crippen LogP contribution in [0.1, 0.15) is 36.6 Å². The molecule has 192 valence electrons. The topological polar surface area (TPSA) is 123 Å². The monoisotopic (exact) mass is 518 g/mol. The lowest BCUT2D eigenvalue weighted by molar-refractivity contribution is 0.0995. The number of aromatic nitrogens is 2. The molecule has 0 fully saturated rings. The van der Waals surface area contributed by atoms with Gasteiger partial charge in [0, 0.05) is 16.7 Å². The highest BCUT2D eigenvalue weighted by atomic mass is 16.5. The molecule has 0 unspecified atom stereocenters. The molecule has 2 N–H and O–H groups in total. The van der Waals surface area contributed by atoms with Crippen LogP contribution in [0.25, 0.3) is 11.5 Å². The third kappa shape index (κ3) is 5.57. The minimum atomic E-state index is -0.565. The van der Waals surface area contributed by atoms with Crippen molar-refractivity contribution in [2.75, 3.05) is 17.7 Å². The number of carbonyl (C=O) groups excluding carboxylic acids is 3. The van der Waals surface area contributed by atoms with Crippen LogP contribution in [0, 0.1) is 0 Å². The lowest BCUT2D eigenvalue weighted by Gasteiger charge is -2.12. The number of amides is 2. The predicted octanol–water partition coefficient (Wildman–Crippen LogP) is 5.48. The van der Waals surface area contributed by atoms with Gasteiger partial charge in [-0.25, -0.2) is 0 Å². The maximum Gasteiger partial charge on any atom is 0.322 e. The van der Waals surface area contributed by atoms with Crippen LogP contribution >= 0.6 is 0 Å². The van der Waals surface area contributed by atoms with Crippen LogP contribution in [0.3, 0.4) is 0 Å². The number of nitrogens with zero attached hydrogens (tertiary/aromatic N) is 2. The maximum absolute atomic E-state index is 13.3. The minimum absolute atomic E-state index is 0.106. The molecule has 0 aliphatic carbocycles. The number of para-hydroxylation sites is 1. The number of carbonyl (C=O) groups is 3. The summed E-state index contributed by atoms with van der Waals surface area (Å²) in [5.41, 5.74) is 1.97. The van der Waals surface area contributed by atoms with Crippen molar-refractivity contribution in [3.63, 3.8) is 0 Å². The van der Waals surface area contributed by atoms with Crippen molar-refractivity contribution in [1.29, 1.82) is 0 Å². The van der Waals surface area contributed by atoms with E-state index >= 15 is 0 Å². The van der Waals surface area contributed by atoms with Crippen LogP contribution < -0.4 is 15.4 Å². The Bertz CT molecular complexity index is 1650. The van der Waals surface area contributed by atoms with E-state index in [9.17, 15) is 14.4 Å². The van der Waals surface area contributed by atoms with Crippen molar-refractivity contribution in [3.8, 4) is 17.2 Å². The van der Waals surface area contributed by atoms with E-state index in [2.05, 4.69) is 20.8 Å². The predicted molar refractivity (Wildman–Crippen MR) is 145 cm³/mol. The van der Waals surface area contributed by atoms with Crippen LogP contribution in [0.4, 0.5) is 11.7 Å². The molecule has 5 rings (SSSR count). The molecule has 39 heavy (non-hydrogen) atoms. The highest BCUT2D eigenvalue weighted by Gasteiger charge is 2.21. The van der Waals surface area contributed by atoms with Gasteiger partial charge in [-0.3, -0.25) is 19.7 Å². The van der Waals surface area contributed by atoms with Crippen LogP contribution in [0.15, 0.2) is 108 Å². The lowest BCUT2D eigenvalue weighted by Crippen LogP contribution is -2.20. The number of hydrogen-bond acceptors (Lipinski definition) is 7. The molecule has 1 heterocycles. The number of anilines is 2. The minimum Gasteiger partial charge on any atom is -0.497 e. The smallest absolute Gasteiger partial charge is 0.322 e. The van der Waals surface area contributed by atoms with E-state index in [0.29, 0.717) is 16.9 Å². The summed E-state index contributed by atoms with van der Waals surface area (Å²) in [7, 11) is 1.57. The molecule has 9 nitrogen and oxygen atoms in total. The van der Waals surface area contributed by atoms with Gasteiger partial charge in [0.1, 0.15) is 5.75 Å². The average molecular weight is 519 g/mol. The van der Waals surface area contributed by atoms with Crippen LogP contribution in [-0.4, -0.2) is 34.9 Å². The molecule has 4 aromatic carbocycles. The van der Waals surface area contributed by atoms with E-state index in [1.54, 1.807) is 104 Å². The first-order valence-corrected chi connectivity index (χ1v) is 11.9. The van der Waals surface area contributed by atoms with E-state index in [0.717, 1.165) is 0 Å². The highest BCUT2D eigenvalue weighted by molar-refractivity contribution is 6.19. The molecule has 9 heteroatoms. The van der Waals surface area contributed by atoms with E-state index < -0.39 is 11.8 Å². The Morgan fingerprint density at radius 3 is 2.00 bits per heavy atom. The van der Waals surface area contributed by atoms with E-state index in [-0.39, 0.29) is 40.1 Å². The summed E-state index contributed by atoms with van der Waals surface area (Å²) < 4.78 is 10.7. The standard InChI is InChI=1S/C30H22N4O5/c1-38-21-17-15-20(16-18-21)29-33-34-30(39-29)32-28(37)24-13-7-8-14-25(24)31-27(36)23-12-6-5-11-22(23)26(35)19-9-3-2-4-10-19/h2-18H,1H3,(H,31,36)(H,32,34,37). The summed E-state index contributed by atoms with van der Waals surface area (Å²) in [6.45, 7) is 0. The van der Waals surface area contributed by atoms with E-state index in [1.807, 2.05) is 6.07 Å². The zero-order valence-electron chi connectivity index (χ0n) is 20.8. The SMILES string of the molecule is COc1ccc(-c2nnc(NC(=O)c3ccccc3NC(=O)c3ccccc3C(=O)c3ccccc3)o2)cc1. The summed E-state index contributed by atoms with van der Waals surface area (Å²) in [4.78, 5) is 39.4. The molecule has 0 aliphatic rings. The molecule has 0 atom stereocenters. The lowest BCUT2D eigenvalue weighted by atomic mass is 9.98. The molecule has 0 spiro atoms. The second-order valence-corrected chi connectivity index (χ2v) is 8.34. The number of rotatable bonds is 8.